The van der Waals surface area contributed by atoms with Crippen molar-refractivity contribution in [1.82, 2.24) is 4.57 Å². The molecular weight excluding hydrogens is 546 g/mol. The highest BCUT2D eigenvalue weighted by Crippen LogP contribution is 2.45. The van der Waals surface area contributed by atoms with Gasteiger partial charge in [-0.3, -0.25) is 14.4 Å². The molecule has 0 fully saturated rings. The van der Waals surface area contributed by atoms with Crippen molar-refractivity contribution in [1.29, 1.82) is 0 Å². The second-order valence-electron chi connectivity index (χ2n) is 10.2. The van der Waals surface area contributed by atoms with Gasteiger partial charge in [-0.25, -0.2) is 0 Å². The van der Waals surface area contributed by atoms with Gasteiger partial charge in [-0.05, 0) is 48.1 Å². The number of aryl methyl sites for hydroxylation is 2. The molecule has 2 aromatic heterocycles. The molecule has 1 aliphatic heterocycles. The van der Waals surface area contributed by atoms with Crippen LogP contribution < -0.4 is 11.0 Å². The minimum Gasteiger partial charge on any atom is -0.507 e. The van der Waals surface area contributed by atoms with E-state index in [1.54, 1.807) is 10.6 Å². The minimum atomic E-state index is -1.21. The van der Waals surface area contributed by atoms with Crippen LogP contribution in [0.1, 0.15) is 35.4 Å². The summed E-state index contributed by atoms with van der Waals surface area (Å²) in [4.78, 5) is 40.0. The van der Waals surface area contributed by atoms with Crippen LogP contribution in [-0.4, -0.2) is 43.2 Å². The number of hydrogen-bond acceptors (Lipinski definition) is 10. The van der Waals surface area contributed by atoms with Gasteiger partial charge >= 0.3 is 5.97 Å². The summed E-state index contributed by atoms with van der Waals surface area (Å²) in [6, 6.07) is 11.6. The summed E-state index contributed by atoms with van der Waals surface area (Å²) < 4.78 is 12.5. The third-order valence-corrected chi connectivity index (χ3v) is 7.75. The van der Waals surface area contributed by atoms with E-state index in [0.29, 0.717) is 6.54 Å². The highest BCUT2D eigenvalue weighted by atomic mass is 16.5. The van der Waals surface area contributed by atoms with E-state index in [9.17, 15) is 39.9 Å². The molecule has 0 bridgehead atoms. The van der Waals surface area contributed by atoms with Gasteiger partial charge in [0.05, 0.1) is 19.0 Å². The number of phenolic OH excluding ortho intramolecular Hbond substituents is 4. The fourth-order valence-corrected chi connectivity index (χ4v) is 5.79. The van der Waals surface area contributed by atoms with Gasteiger partial charge < -0.3 is 39.3 Å². The average molecular weight is 572 g/mol. The number of pyridine rings is 1. The Morgan fingerprint density at radius 2 is 1.76 bits per heavy atom. The summed E-state index contributed by atoms with van der Waals surface area (Å²) in [7, 11) is 1.17. The van der Waals surface area contributed by atoms with Crippen LogP contribution in [0.5, 0.6) is 28.7 Å². The summed E-state index contributed by atoms with van der Waals surface area (Å²) in [6.45, 7) is 0.435. The topological polar surface area (TPSA) is 180 Å². The number of carbonyl (C=O) groups is 1. The highest BCUT2D eigenvalue weighted by Gasteiger charge is 2.32. The first-order valence-corrected chi connectivity index (χ1v) is 13.1. The van der Waals surface area contributed by atoms with Gasteiger partial charge in [0.25, 0.3) is 5.56 Å². The van der Waals surface area contributed by atoms with Crippen molar-refractivity contribution >= 4 is 27.8 Å². The molecule has 0 aliphatic carbocycles. The first kappa shape index (κ1) is 26.8. The van der Waals surface area contributed by atoms with Crippen LogP contribution in [0, 0.1) is 0 Å². The molecule has 42 heavy (non-hydrogen) atoms. The van der Waals surface area contributed by atoms with Crippen LogP contribution in [0.2, 0.25) is 0 Å². The van der Waals surface area contributed by atoms with Crippen LogP contribution in [0.15, 0.2) is 62.5 Å². The minimum absolute atomic E-state index is 0.0113. The fraction of sp³-hybridized carbons (Fsp3) is 0.194. The molecule has 0 unspecified atom stereocenters. The molecule has 3 heterocycles. The lowest BCUT2D eigenvalue weighted by Gasteiger charge is -2.24. The van der Waals surface area contributed by atoms with Gasteiger partial charge in [-0.15, -0.1) is 0 Å². The smallest absolute Gasteiger partial charge is 0.306 e. The largest absolute Gasteiger partial charge is 0.507 e. The Bertz CT molecular complexity index is 2060. The molecule has 5 aromatic rings. The molecule has 0 saturated heterocycles. The van der Waals surface area contributed by atoms with E-state index in [4.69, 9.17) is 9.15 Å². The van der Waals surface area contributed by atoms with E-state index in [1.807, 2.05) is 18.2 Å². The SMILES string of the molecule is COC(=O)C[C@H](c1cc2cccc3c2n(c1=O)CCC3)c1c(O)cc(O)c2c(=O)c(O)c(-c3ccc(O)c(O)c3)oc12. The van der Waals surface area contributed by atoms with Crippen molar-refractivity contribution in [3.63, 3.8) is 0 Å². The molecule has 0 amide bonds. The number of nitrogens with zero attached hydrogens (tertiary/aromatic N) is 1. The number of para-hydroxylation sites is 1. The molecule has 214 valence electrons. The van der Waals surface area contributed by atoms with Gasteiger partial charge in [0.2, 0.25) is 11.2 Å². The standard InChI is InChI=1S/C31H25NO10/c1-41-23(37)12-17(18-10-15-5-2-4-14-6-3-9-32(26(14)15)31(18)40)24-21(35)13-22(36)25-27(38)28(39)29(42-30(24)25)16-7-8-19(33)20(34)11-16/h2,4-5,7-8,10-11,13,17,33-36,39H,3,6,9,12H2,1H3/t17-/m1/s1. The second-order valence-corrected chi connectivity index (χ2v) is 10.2. The van der Waals surface area contributed by atoms with E-state index >= 15 is 0 Å². The van der Waals surface area contributed by atoms with Crippen LogP contribution >= 0.6 is 0 Å². The van der Waals surface area contributed by atoms with E-state index in [2.05, 4.69) is 0 Å². The number of aromatic hydroxyl groups is 5. The Balaban J connectivity index is 1.70. The number of benzene rings is 3. The van der Waals surface area contributed by atoms with Crippen molar-refractivity contribution < 1.29 is 39.5 Å². The Labute approximate surface area is 236 Å². The summed E-state index contributed by atoms with van der Waals surface area (Å²) in [5.41, 5.74) is -0.132. The number of phenols is 4. The normalized spacial score (nSPS) is 13.4. The predicted molar refractivity (Wildman–Crippen MR) is 151 cm³/mol. The Morgan fingerprint density at radius 1 is 0.976 bits per heavy atom. The maximum Gasteiger partial charge on any atom is 0.306 e. The predicted octanol–water partition coefficient (Wildman–Crippen LogP) is 3.94. The van der Waals surface area contributed by atoms with Gasteiger partial charge in [0.15, 0.2) is 17.3 Å². The third kappa shape index (κ3) is 4.09. The summed E-state index contributed by atoms with van der Waals surface area (Å²) >= 11 is 0. The van der Waals surface area contributed by atoms with Crippen LogP contribution in [0.4, 0.5) is 0 Å². The van der Waals surface area contributed by atoms with Crippen molar-refractivity contribution in [2.45, 2.75) is 31.7 Å². The van der Waals surface area contributed by atoms with Gasteiger partial charge in [-0.1, -0.05) is 18.2 Å². The van der Waals surface area contributed by atoms with Gasteiger partial charge in [-0.2, -0.15) is 0 Å². The molecule has 6 rings (SSSR count). The quantitative estimate of drug-likeness (QED) is 0.153. The first-order valence-electron chi connectivity index (χ1n) is 13.1. The molecule has 5 N–H and O–H groups in total. The van der Waals surface area contributed by atoms with Crippen molar-refractivity contribution in [3.05, 3.63) is 85.8 Å². The van der Waals surface area contributed by atoms with E-state index in [1.165, 1.54) is 13.2 Å². The molecule has 0 saturated carbocycles. The summed E-state index contributed by atoms with van der Waals surface area (Å²) in [5.74, 6) is -5.59. The number of fused-ring (bicyclic) bond motifs is 1. The van der Waals surface area contributed by atoms with Crippen LogP contribution in [0.3, 0.4) is 0 Å². The van der Waals surface area contributed by atoms with Gasteiger partial charge in [0, 0.05) is 35.2 Å². The number of aromatic nitrogens is 1. The Kier molecular flexibility index (Phi) is 6.29. The summed E-state index contributed by atoms with van der Waals surface area (Å²) in [5, 5.41) is 52.6. The molecule has 11 heteroatoms. The maximum absolute atomic E-state index is 14.0. The molecule has 3 aromatic carbocycles. The lowest BCUT2D eigenvalue weighted by Crippen LogP contribution is -2.30. The number of ether oxygens (including phenoxy) is 1. The number of rotatable bonds is 5. The zero-order valence-corrected chi connectivity index (χ0v) is 22.2. The van der Waals surface area contributed by atoms with Crippen molar-refractivity contribution in [2.24, 2.45) is 0 Å². The molecule has 11 nitrogen and oxygen atoms in total. The molecule has 1 atom stereocenters. The zero-order chi connectivity index (χ0) is 29.9. The van der Waals surface area contributed by atoms with Crippen LogP contribution in [-0.2, 0) is 22.5 Å². The Morgan fingerprint density at radius 3 is 2.50 bits per heavy atom. The zero-order valence-electron chi connectivity index (χ0n) is 22.2. The number of carbonyl (C=O) groups excluding carboxylic acids is 1. The average Bonchev–Trinajstić information content (AvgIpc) is 2.97. The van der Waals surface area contributed by atoms with Crippen LogP contribution in [0.25, 0.3) is 33.2 Å². The maximum atomic E-state index is 14.0. The molecular formula is C31H25NO10. The molecule has 0 radical (unpaired) electrons. The van der Waals surface area contributed by atoms with E-state index in [-0.39, 0.29) is 16.7 Å². The lowest BCUT2D eigenvalue weighted by atomic mass is 9.85. The highest BCUT2D eigenvalue weighted by molar-refractivity contribution is 5.93. The first-order chi connectivity index (χ1) is 20.1. The number of hydrogen-bond donors (Lipinski definition) is 5. The third-order valence-electron chi connectivity index (χ3n) is 7.75. The lowest BCUT2D eigenvalue weighted by molar-refractivity contribution is -0.140. The number of methoxy groups -OCH3 is 1. The van der Waals surface area contributed by atoms with Crippen molar-refractivity contribution in [2.75, 3.05) is 7.11 Å². The fourth-order valence-electron chi connectivity index (χ4n) is 5.79. The Hall–Kier alpha value is -5.45. The van der Waals surface area contributed by atoms with E-state index < -0.39 is 74.8 Å². The van der Waals surface area contributed by atoms with E-state index in [0.717, 1.165) is 47.5 Å². The number of esters is 1. The van der Waals surface area contributed by atoms with Gasteiger partial charge in [0.1, 0.15) is 22.5 Å². The van der Waals surface area contributed by atoms with Crippen molar-refractivity contribution in [3.8, 4) is 40.1 Å². The monoisotopic (exact) mass is 571 g/mol. The summed E-state index contributed by atoms with van der Waals surface area (Å²) in [6.07, 6.45) is 1.08. The molecule has 1 aliphatic rings. The second kappa shape index (κ2) is 9.88. The molecule has 0 spiro atoms.